The van der Waals surface area contributed by atoms with E-state index in [9.17, 15) is 0 Å². The van der Waals surface area contributed by atoms with Crippen molar-refractivity contribution in [3.05, 3.63) is 97.1 Å². The van der Waals surface area contributed by atoms with Crippen molar-refractivity contribution >= 4 is 47.7 Å². The van der Waals surface area contributed by atoms with Crippen LogP contribution in [0.5, 0.6) is 0 Å². The summed E-state index contributed by atoms with van der Waals surface area (Å²) in [6.07, 6.45) is 0. The van der Waals surface area contributed by atoms with E-state index in [2.05, 4.69) is 97.1 Å². The zero-order valence-corrected chi connectivity index (χ0v) is 16.2. The minimum atomic E-state index is -0.873. The van der Waals surface area contributed by atoms with Crippen LogP contribution in [0.3, 0.4) is 0 Å². The molecule has 0 saturated heterocycles. The summed E-state index contributed by atoms with van der Waals surface area (Å²) in [6, 6.07) is 36.4. The summed E-state index contributed by atoms with van der Waals surface area (Å²) in [5, 5.41) is 9.38. The van der Waals surface area contributed by atoms with Gasteiger partial charge in [-0.1, -0.05) is 48.5 Å². The third-order valence-electron chi connectivity index (χ3n) is 5.58. The lowest BCUT2D eigenvalue weighted by atomic mass is 10.1. The van der Waals surface area contributed by atoms with Crippen LogP contribution in [0.2, 0.25) is 0 Å². The molecule has 0 aromatic heterocycles. The molecule has 0 spiro atoms. The molecule has 0 nitrogen and oxygen atoms in total. The van der Waals surface area contributed by atoms with Crippen molar-refractivity contribution in [3.8, 4) is 11.1 Å². The quantitative estimate of drug-likeness (QED) is 0.412. The smallest absolute Gasteiger partial charge is 0.0620 e. The van der Waals surface area contributed by atoms with Crippen molar-refractivity contribution < 1.29 is 0 Å². The Hall–Kier alpha value is -2.26. The Morgan fingerprint density at radius 2 is 0.692 bits per heavy atom. The largest absolute Gasteiger partial charge is 0.114 e. The van der Waals surface area contributed by atoms with Gasteiger partial charge in [0.05, 0.1) is 11.1 Å². The molecule has 2 aliphatic heterocycles. The van der Waals surface area contributed by atoms with E-state index in [0.29, 0.717) is 0 Å². The predicted molar refractivity (Wildman–Crippen MR) is 119 cm³/mol. The molecule has 0 radical (unpaired) electrons. The molecule has 26 heavy (non-hydrogen) atoms. The van der Waals surface area contributed by atoms with Gasteiger partial charge in [-0.05, 0) is 48.5 Å². The Morgan fingerprint density at radius 3 is 1.04 bits per heavy atom. The molecule has 2 aliphatic rings. The average molecular weight is 368 g/mol. The first-order valence-corrected chi connectivity index (χ1v) is 12.1. The predicted octanol–water partition coefficient (Wildman–Crippen LogP) is 2.96. The molecule has 0 fully saturated rings. The fourth-order valence-electron chi connectivity index (χ4n) is 4.60. The molecule has 2 heterocycles. The van der Waals surface area contributed by atoms with Crippen molar-refractivity contribution in [2.24, 2.45) is 0 Å². The highest BCUT2D eigenvalue weighted by Gasteiger charge is 2.50. The zero-order chi connectivity index (χ0) is 17.1. The lowest BCUT2D eigenvalue weighted by molar-refractivity contribution is 1.77. The molecule has 0 saturated carbocycles. The summed E-state index contributed by atoms with van der Waals surface area (Å²) in [4.78, 5) is 0. The van der Waals surface area contributed by atoms with Crippen molar-refractivity contribution in [2.45, 2.75) is 0 Å². The maximum Gasteiger partial charge on any atom is 0.114 e. The maximum atomic E-state index is 2.39. The van der Waals surface area contributed by atoms with E-state index in [1.165, 1.54) is 10.6 Å². The number of hydrogen-bond acceptors (Lipinski definition) is 0. The monoisotopic (exact) mass is 368 g/mol. The Labute approximate surface area is 156 Å². The number of hydrogen-bond donors (Lipinski definition) is 0. The molecule has 6 rings (SSSR count). The van der Waals surface area contributed by atoms with E-state index < -0.39 is 15.8 Å². The number of rotatable bonds is 2. The maximum absolute atomic E-state index is 2.39. The van der Waals surface area contributed by atoms with Crippen LogP contribution in [0.25, 0.3) is 11.1 Å². The standard InChI is InChI=1S/C24H16P2/c1-3-9-17(10-4-1)25-19-13-7-15-21-23(19)24-20(25)14-8-16-22(24)26(21)18-11-5-2-6-12-18/h1-16H/p+2. The molecular weight excluding hydrogens is 350 g/mol. The fraction of sp³-hybridized carbons (Fsp3) is 0. The first-order valence-electron chi connectivity index (χ1n) is 9.06. The summed E-state index contributed by atoms with van der Waals surface area (Å²) < 4.78 is 0. The molecule has 4 aromatic carbocycles. The van der Waals surface area contributed by atoms with Gasteiger partial charge in [0.2, 0.25) is 0 Å². The summed E-state index contributed by atoms with van der Waals surface area (Å²) >= 11 is 0. The Bertz CT molecular complexity index is 996. The van der Waals surface area contributed by atoms with Crippen molar-refractivity contribution in [1.82, 2.24) is 0 Å². The van der Waals surface area contributed by atoms with Crippen LogP contribution in [0, 0.1) is 0 Å². The topological polar surface area (TPSA) is 0 Å². The van der Waals surface area contributed by atoms with Gasteiger partial charge in [0.1, 0.15) is 47.7 Å². The first-order chi connectivity index (χ1) is 12.9. The second-order valence-electron chi connectivity index (χ2n) is 6.94. The van der Waals surface area contributed by atoms with Crippen LogP contribution in [0.1, 0.15) is 0 Å². The van der Waals surface area contributed by atoms with Crippen LogP contribution < -0.4 is 31.8 Å². The third-order valence-corrected chi connectivity index (χ3v) is 11.2. The van der Waals surface area contributed by atoms with Gasteiger partial charge in [-0.2, -0.15) is 0 Å². The van der Waals surface area contributed by atoms with Crippen LogP contribution in [0.4, 0.5) is 0 Å². The molecule has 0 aliphatic carbocycles. The van der Waals surface area contributed by atoms with Crippen LogP contribution >= 0.6 is 15.8 Å². The molecule has 122 valence electrons. The second-order valence-corrected chi connectivity index (χ2v) is 11.7. The molecule has 2 heteroatoms. The van der Waals surface area contributed by atoms with E-state index in [1.54, 1.807) is 32.3 Å². The lowest BCUT2D eigenvalue weighted by Crippen LogP contribution is -2.23. The Kier molecular flexibility index (Phi) is 3.21. The van der Waals surface area contributed by atoms with E-state index in [-0.39, 0.29) is 0 Å². The van der Waals surface area contributed by atoms with Crippen LogP contribution in [0.15, 0.2) is 97.1 Å². The van der Waals surface area contributed by atoms with Gasteiger partial charge in [-0.3, -0.25) is 0 Å². The Morgan fingerprint density at radius 1 is 0.346 bits per heavy atom. The minimum absolute atomic E-state index is 0.873. The van der Waals surface area contributed by atoms with E-state index >= 15 is 0 Å². The van der Waals surface area contributed by atoms with Gasteiger partial charge in [0.25, 0.3) is 0 Å². The fourth-order valence-corrected chi connectivity index (χ4v) is 10.8. The van der Waals surface area contributed by atoms with Gasteiger partial charge in [0, 0.05) is 0 Å². The molecule has 0 N–H and O–H groups in total. The summed E-state index contributed by atoms with van der Waals surface area (Å²) in [5.41, 5.74) is 3.15. The van der Waals surface area contributed by atoms with E-state index in [0.717, 1.165) is 0 Å². The molecular formula is C24H18P2+2. The van der Waals surface area contributed by atoms with Gasteiger partial charge >= 0.3 is 0 Å². The highest BCUT2D eigenvalue weighted by Crippen LogP contribution is 2.53. The normalized spacial score (nSPS) is 14.6. The molecule has 4 aromatic rings. The van der Waals surface area contributed by atoms with Crippen LogP contribution in [-0.4, -0.2) is 0 Å². The SMILES string of the molecule is c1ccc([PH+]2c3cccc4c3-c3c2cccc3[PH+]4c2ccccc2)cc1. The van der Waals surface area contributed by atoms with Gasteiger partial charge in [-0.15, -0.1) is 0 Å². The third kappa shape index (κ3) is 1.92. The minimum Gasteiger partial charge on any atom is -0.0620 e. The summed E-state index contributed by atoms with van der Waals surface area (Å²) in [5.74, 6) is 0. The molecule has 0 atom stereocenters. The van der Waals surface area contributed by atoms with Gasteiger partial charge in [-0.25, -0.2) is 0 Å². The summed E-state index contributed by atoms with van der Waals surface area (Å²) in [6.45, 7) is 0. The van der Waals surface area contributed by atoms with Crippen molar-refractivity contribution in [3.63, 3.8) is 0 Å². The van der Waals surface area contributed by atoms with Gasteiger partial charge in [0.15, 0.2) is 0 Å². The molecule has 0 unspecified atom stereocenters. The highest BCUT2D eigenvalue weighted by atomic mass is 31.1. The zero-order valence-electron chi connectivity index (χ0n) is 14.2. The van der Waals surface area contributed by atoms with Gasteiger partial charge < -0.3 is 0 Å². The second kappa shape index (κ2) is 5.62. The van der Waals surface area contributed by atoms with Crippen LogP contribution in [-0.2, 0) is 0 Å². The van der Waals surface area contributed by atoms with Crippen molar-refractivity contribution in [2.75, 3.05) is 0 Å². The Balaban J connectivity index is 1.66. The van der Waals surface area contributed by atoms with Crippen molar-refractivity contribution in [1.29, 1.82) is 0 Å². The molecule has 0 amide bonds. The summed E-state index contributed by atoms with van der Waals surface area (Å²) in [7, 11) is -1.75. The van der Waals surface area contributed by atoms with E-state index in [1.807, 2.05) is 0 Å². The first kappa shape index (κ1) is 14.9. The molecule has 0 bridgehead atoms. The number of benzene rings is 4. The van der Waals surface area contributed by atoms with E-state index in [4.69, 9.17) is 0 Å². The highest BCUT2D eigenvalue weighted by molar-refractivity contribution is 7.84. The average Bonchev–Trinajstić information content (AvgIpc) is 3.23. The lowest BCUT2D eigenvalue weighted by Gasteiger charge is -2.11.